The number of anilines is 2. The highest BCUT2D eigenvalue weighted by Gasteiger charge is 2.24. The van der Waals surface area contributed by atoms with Gasteiger partial charge in [-0.15, -0.1) is 0 Å². The summed E-state index contributed by atoms with van der Waals surface area (Å²) in [5.41, 5.74) is 0.0770. The van der Waals surface area contributed by atoms with Crippen LogP contribution >= 0.6 is 0 Å². The van der Waals surface area contributed by atoms with Gasteiger partial charge in [-0.25, -0.2) is 9.97 Å². The maximum Gasteiger partial charge on any atom is 0.270 e. The highest BCUT2D eigenvalue weighted by atomic mass is 16.2. The first-order chi connectivity index (χ1) is 12.0. The fraction of sp³-hybridized carbons (Fsp3) is 0.412. The molecule has 0 aliphatic carbocycles. The van der Waals surface area contributed by atoms with E-state index in [9.17, 15) is 9.59 Å². The molecule has 1 saturated heterocycles. The van der Waals surface area contributed by atoms with Crippen LogP contribution < -0.4 is 15.8 Å². The number of aromatic amines is 1. The summed E-state index contributed by atoms with van der Waals surface area (Å²) in [4.78, 5) is 38.5. The summed E-state index contributed by atoms with van der Waals surface area (Å²) in [5, 5.41) is 3.41. The average molecular weight is 342 g/mol. The van der Waals surface area contributed by atoms with E-state index in [1.54, 1.807) is 23.4 Å². The summed E-state index contributed by atoms with van der Waals surface area (Å²) in [7, 11) is 3.87. The largest absolute Gasteiger partial charge is 0.367 e. The van der Waals surface area contributed by atoms with Crippen LogP contribution in [0, 0.1) is 0 Å². The summed E-state index contributed by atoms with van der Waals surface area (Å²) in [6.45, 7) is 1.28. The molecule has 0 radical (unpaired) electrons. The molecule has 2 aromatic rings. The van der Waals surface area contributed by atoms with Crippen molar-refractivity contribution in [2.45, 2.75) is 18.9 Å². The fourth-order valence-corrected chi connectivity index (χ4v) is 2.85. The topological polar surface area (TPSA) is 94.2 Å². The van der Waals surface area contributed by atoms with E-state index >= 15 is 0 Å². The van der Waals surface area contributed by atoms with E-state index in [4.69, 9.17) is 0 Å². The molecular formula is C17H22N6O2. The number of carbonyl (C=O) groups is 1. The highest BCUT2D eigenvalue weighted by molar-refractivity contribution is 5.92. The number of hydrogen-bond acceptors (Lipinski definition) is 6. The molecule has 3 heterocycles. The Kier molecular flexibility index (Phi) is 4.97. The van der Waals surface area contributed by atoms with Crippen LogP contribution in [0.3, 0.4) is 0 Å². The minimum atomic E-state index is -0.261. The van der Waals surface area contributed by atoms with Gasteiger partial charge >= 0.3 is 0 Å². The molecule has 2 aromatic heterocycles. The van der Waals surface area contributed by atoms with Crippen LogP contribution in [-0.4, -0.2) is 59.0 Å². The predicted octanol–water partition coefficient (Wildman–Crippen LogP) is 0.948. The first-order valence-electron chi connectivity index (χ1n) is 8.27. The van der Waals surface area contributed by atoms with Crippen molar-refractivity contribution in [2.75, 3.05) is 37.4 Å². The predicted molar refractivity (Wildman–Crippen MR) is 96.0 cm³/mol. The lowest BCUT2D eigenvalue weighted by Crippen LogP contribution is -2.43. The lowest BCUT2D eigenvalue weighted by molar-refractivity contribution is 0.0712. The molecule has 3 rings (SSSR count). The quantitative estimate of drug-likeness (QED) is 0.859. The van der Waals surface area contributed by atoms with E-state index in [0.29, 0.717) is 18.8 Å². The molecule has 0 spiro atoms. The average Bonchev–Trinajstić information content (AvgIpc) is 2.62. The second-order valence-corrected chi connectivity index (χ2v) is 6.30. The number of carbonyl (C=O) groups excluding carboxylic acids is 1. The van der Waals surface area contributed by atoms with E-state index in [-0.39, 0.29) is 17.5 Å². The van der Waals surface area contributed by atoms with Crippen LogP contribution in [-0.2, 0) is 0 Å². The van der Waals surface area contributed by atoms with Crippen LogP contribution in [0.5, 0.6) is 0 Å². The van der Waals surface area contributed by atoms with Crippen molar-refractivity contribution >= 4 is 17.5 Å². The molecule has 25 heavy (non-hydrogen) atoms. The molecule has 8 nitrogen and oxygen atoms in total. The third-order valence-corrected chi connectivity index (χ3v) is 4.24. The zero-order chi connectivity index (χ0) is 17.8. The second kappa shape index (κ2) is 7.33. The van der Waals surface area contributed by atoms with Gasteiger partial charge in [0.05, 0.1) is 0 Å². The van der Waals surface area contributed by atoms with E-state index in [2.05, 4.69) is 20.3 Å². The Morgan fingerprint density at radius 1 is 1.28 bits per heavy atom. The smallest absolute Gasteiger partial charge is 0.270 e. The summed E-state index contributed by atoms with van der Waals surface area (Å²) in [6, 6.07) is 6.79. The Morgan fingerprint density at radius 3 is 2.72 bits per heavy atom. The Balaban J connectivity index is 1.58. The van der Waals surface area contributed by atoms with Crippen LogP contribution in [0.25, 0.3) is 0 Å². The number of aromatic nitrogens is 3. The summed E-state index contributed by atoms with van der Waals surface area (Å²) < 4.78 is 0. The van der Waals surface area contributed by atoms with E-state index in [1.165, 1.54) is 6.07 Å². The maximum atomic E-state index is 12.4. The van der Waals surface area contributed by atoms with Gasteiger partial charge in [-0.3, -0.25) is 9.59 Å². The zero-order valence-electron chi connectivity index (χ0n) is 14.4. The first-order valence-corrected chi connectivity index (χ1v) is 8.27. The normalized spacial score (nSPS) is 15.0. The minimum Gasteiger partial charge on any atom is -0.367 e. The van der Waals surface area contributed by atoms with Gasteiger partial charge in [0.2, 0.25) is 5.56 Å². The standard InChI is InChI=1S/C17H22N6O2/c1-22(2)15-10-14(18-11-19-15)20-12-6-8-23(9-7-12)17(25)13-4-3-5-16(24)21-13/h3-5,10-12H,6-9H2,1-2H3,(H,21,24)(H,18,19,20). The molecule has 1 amide bonds. The third-order valence-electron chi connectivity index (χ3n) is 4.24. The van der Waals surface area contributed by atoms with Gasteiger partial charge in [0.1, 0.15) is 23.7 Å². The number of piperidine rings is 1. The summed E-state index contributed by atoms with van der Waals surface area (Å²) >= 11 is 0. The number of H-pyrrole nitrogens is 1. The molecule has 0 unspecified atom stereocenters. The van der Waals surface area contributed by atoms with Crippen molar-refractivity contribution in [3.63, 3.8) is 0 Å². The first kappa shape index (κ1) is 16.9. The van der Waals surface area contributed by atoms with Crippen molar-refractivity contribution in [3.8, 4) is 0 Å². The fourth-order valence-electron chi connectivity index (χ4n) is 2.85. The Morgan fingerprint density at radius 2 is 2.04 bits per heavy atom. The number of pyridine rings is 1. The SMILES string of the molecule is CN(C)c1cc(NC2CCN(C(=O)c3cccc(=O)[nH]3)CC2)ncn1. The number of rotatable bonds is 4. The third kappa shape index (κ3) is 4.14. The molecule has 0 saturated carbocycles. The second-order valence-electron chi connectivity index (χ2n) is 6.30. The number of nitrogens with zero attached hydrogens (tertiary/aromatic N) is 4. The van der Waals surface area contributed by atoms with Crippen LogP contribution in [0.1, 0.15) is 23.3 Å². The molecule has 0 bridgehead atoms. The van der Waals surface area contributed by atoms with Crippen LogP contribution in [0.15, 0.2) is 35.4 Å². The van der Waals surface area contributed by atoms with E-state index in [0.717, 1.165) is 24.5 Å². The summed E-state index contributed by atoms with van der Waals surface area (Å²) in [5.74, 6) is 1.50. The monoisotopic (exact) mass is 342 g/mol. The van der Waals surface area contributed by atoms with Crippen LogP contribution in [0.4, 0.5) is 11.6 Å². The van der Waals surface area contributed by atoms with Gasteiger partial charge < -0.3 is 20.1 Å². The lowest BCUT2D eigenvalue weighted by Gasteiger charge is -2.32. The molecule has 1 fully saturated rings. The molecule has 0 aromatic carbocycles. The Hall–Kier alpha value is -2.90. The van der Waals surface area contributed by atoms with Crippen molar-refractivity contribution in [1.29, 1.82) is 0 Å². The number of nitrogens with one attached hydrogen (secondary N) is 2. The molecule has 1 aliphatic rings. The van der Waals surface area contributed by atoms with Crippen molar-refractivity contribution in [3.05, 3.63) is 46.6 Å². The van der Waals surface area contributed by atoms with Crippen molar-refractivity contribution < 1.29 is 4.79 Å². The molecule has 0 atom stereocenters. The Labute approximate surface area is 145 Å². The maximum absolute atomic E-state index is 12.4. The van der Waals surface area contributed by atoms with Gasteiger partial charge in [0, 0.05) is 45.4 Å². The minimum absolute atomic E-state index is 0.131. The van der Waals surface area contributed by atoms with Gasteiger partial charge in [-0.1, -0.05) is 6.07 Å². The molecular weight excluding hydrogens is 320 g/mol. The number of hydrogen-bond donors (Lipinski definition) is 2. The van der Waals surface area contributed by atoms with Gasteiger partial charge in [-0.05, 0) is 18.9 Å². The van der Waals surface area contributed by atoms with Gasteiger partial charge in [-0.2, -0.15) is 0 Å². The zero-order valence-corrected chi connectivity index (χ0v) is 14.4. The Bertz CT molecular complexity index is 795. The van der Waals surface area contributed by atoms with E-state index < -0.39 is 0 Å². The number of amides is 1. The lowest BCUT2D eigenvalue weighted by atomic mass is 10.0. The summed E-state index contributed by atoms with van der Waals surface area (Å²) in [6.07, 6.45) is 3.19. The highest BCUT2D eigenvalue weighted by Crippen LogP contribution is 2.18. The van der Waals surface area contributed by atoms with Gasteiger partial charge in [0.25, 0.3) is 5.91 Å². The molecule has 2 N–H and O–H groups in total. The molecule has 132 valence electrons. The van der Waals surface area contributed by atoms with Crippen molar-refractivity contribution in [1.82, 2.24) is 19.9 Å². The van der Waals surface area contributed by atoms with Crippen molar-refractivity contribution in [2.24, 2.45) is 0 Å². The van der Waals surface area contributed by atoms with Crippen LogP contribution in [0.2, 0.25) is 0 Å². The molecule has 8 heteroatoms. The molecule has 1 aliphatic heterocycles. The number of likely N-dealkylation sites (tertiary alicyclic amines) is 1. The van der Waals surface area contributed by atoms with E-state index in [1.807, 2.05) is 25.1 Å². The van der Waals surface area contributed by atoms with Gasteiger partial charge in [0.15, 0.2) is 0 Å².